The van der Waals surface area contributed by atoms with Crippen LogP contribution in [0.2, 0.25) is 5.02 Å². The van der Waals surface area contributed by atoms with Gasteiger partial charge in [-0.25, -0.2) is 13.2 Å². The number of carboxylic acid groups (broad SMARTS) is 1. The molecular weight excluding hydrogens is 344 g/mol. The Morgan fingerprint density at radius 3 is 2.09 bits per heavy atom. The monoisotopic (exact) mass is 362 g/mol. The van der Waals surface area contributed by atoms with Gasteiger partial charge in [0.2, 0.25) is 15.9 Å². The van der Waals surface area contributed by atoms with E-state index in [4.69, 9.17) is 16.7 Å². The molecule has 0 fully saturated rings. The zero-order valence-corrected chi connectivity index (χ0v) is 14.5. The van der Waals surface area contributed by atoms with Crippen molar-refractivity contribution in [2.24, 2.45) is 5.92 Å². The van der Waals surface area contributed by atoms with Gasteiger partial charge in [0.25, 0.3) is 0 Å². The van der Waals surface area contributed by atoms with Crippen molar-refractivity contribution in [3.8, 4) is 0 Å². The van der Waals surface area contributed by atoms with Gasteiger partial charge in [-0.15, -0.1) is 0 Å². The van der Waals surface area contributed by atoms with Crippen molar-refractivity contribution in [1.82, 2.24) is 10.0 Å². The maximum atomic E-state index is 12.2. The summed E-state index contributed by atoms with van der Waals surface area (Å²) in [6.07, 6.45) is 0. The van der Waals surface area contributed by atoms with Gasteiger partial charge >= 0.3 is 5.97 Å². The van der Waals surface area contributed by atoms with E-state index in [9.17, 15) is 18.0 Å². The Labute approximate surface area is 140 Å². The second-order valence-corrected chi connectivity index (χ2v) is 7.52. The fourth-order valence-electron chi connectivity index (χ4n) is 1.76. The van der Waals surface area contributed by atoms with Crippen molar-refractivity contribution in [1.29, 1.82) is 0 Å². The molecule has 0 saturated carbocycles. The van der Waals surface area contributed by atoms with Crippen LogP contribution in [-0.2, 0) is 19.6 Å². The van der Waals surface area contributed by atoms with Crippen molar-refractivity contribution >= 4 is 33.5 Å². The lowest BCUT2D eigenvalue weighted by Crippen LogP contribution is -2.51. The van der Waals surface area contributed by atoms with Crippen LogP contribution in [0.5, 0.6) is 0 Å². The van der Waals surface area contributed by atoms with Gasteiger partial charge in [-0.3, -0.25) is 4.79 Å². The summed E-state index contributed by atoms with van der Waals surface area (Å²) in [5.74, 6) is -2.23. The van der Waals surface area contributed by atoms with Crippen LogP contribution in [0.3, 0.4) is 0 Å². The Morgan fingerprint density at radius 1 is 1.13 bits per heavy atom. The number of benzene rings is 1. The first kappa shape index (κ1) is 19.4. The van der Waals surface area contributed by atoms with Crippen molar-refractivity contribution in [2.45, 2.75) is 37.8 Å². The van der Waals surface area contributed by atoms with Gasteiger partial charge in [0.05, 0.1) is 10.9 Å². The fraction of sp³-hybridized carbons (Fsp3) is 0.429. The van der Waals surface area contributed by atoms with Gasteiger partial charge in [0, 0.05) is 5.02 Å². The highest BCUT2D eigenvalue weighted by Crippen LogP contribution is 2.14. The Morgan fingerprint density at radius 2 is 1.65 bits per heavy atom. The molecule has 9 heteroatoms. The van der Waals surface area contributed by atoms with Gasteiger partial charge in [-0.1, -0.05) is 25.4 Å². The maximum Gasteiger partial charge on any atom is 0.326 e. The third-order valence-corrected chi connectivity index (χ3v) is 4.89. The molecule has 0 saturated heterocycles. The molecule has 0 aliphatic carbocycles. The standard InChI is InChI=1S/C14H19ClN2O5S/c1-8(2)12(14(19)20)16-13(18)9(3)17-23(21,22)11-6-4-10(15)5-7-11/h4-9,12,17H,1-3H3,(H,16,18)(H,19,20). The summed E-state index contributed by atoms with van der Waals surface area (Å²) in [5, 5.41) is 11.7. The minimum absolute atomic E-state index is 0.0415. The number of aliphatic carboxylic acids is 1. The van der Waals surface area contributed by atoms with Crippen molar-refractivity contribution in [3.05, 3.63) is 29.3 Å². The molecule has 23 heavy (non-hydrogen) atoms. The van der Waals surface area contributed by atoms with Crippen LogP contribution in [0.1, 0.15) is 20.8 Å². The highest BCUT2D eigenvalue weighted by atomic mass is 35.5. The van der Waals surface area contributed by atoms with Crippen LogP contribution in [0.25, 0.3) is 0 Å². The van der Waals surface area contributed by atoms with Gasteiger partial charge in [-0.05, 0) is 37.1 Å². The Kier molecular flexibility index (Phi) is 6.55. The molecule has 0 aliphatic heterocycles. The molecule has 2 atom stereocenters. The molecule has 0 bridgehead atoms. The number of carbonyl (C=O) groups excluding carboxylic acids is 1. The highest BCUT2D eigenvalue weighted by molar-refractivity contribution is 7.89. The number of nitrogens with one attached hydrogen (secondary N) is 2. The largest absolute Gasteiger partial charge is 0.480 e. The first-order chi connectivity index (χ1) is 10.5. The Hall–Kier alpha value is -1.64. The molecule has 0 aromatic heterocycles. The van der Waals surface area contributed by atoms with E-state index in [1.807, 2.05) is 0 Å². The number of rotatable bonds is 7. The molecular formula is C14H19ClN2O5S. The molecule has 1 amide bonds. The molecule has 128 valence electrons. The van der Waals surface area contributed by atoms with Crippen molar-refractivity contribution in [2.75, 3.05) is 0 Å². The molecule has 0 radical (unpaired) electrons. The number of hydrogen-bond donors (Lipinski definition) is 3. The normalized spacial score (nSPS) is 14.3. The summed E-state index contributed by atoms with van der Waals surface area (Å²) >= 11 is 5.70. The molecule has 3 N–H and O–H groups in total. The quantitative estimate of drug-likeness (QED) is 0.675. The average molecular weight is 363 g/mol. The minimum Gasteiger partial charge on any atom is -0.480 e. The first-order valence-corrected chi connectivity index (χ1v) is 8.71. The predicted molar refractivity (Wildman–Crippen MR) is 85.6 cm³/mol. The number of sulfonamides is 1. The van der Waals surface area contributed by atoms with Gasteiger partial charge < -0.3 is 10.4 Å². The number of halogens is 1. The fourth-order valence-corrected chi connectivity index (χ4v) is 3.09. The SMILES string of the molecule is CC(NS(=O)(=O)c1ccc(Cl)cc1)C(=O)NC(C(=O)O)C(C)C. The number of amides is 1. The second kappa shape index (κ2) is 7.76. The van der Waals surface area contributed by atoms with Crippen molar-refractivity contribution < 1.29 is 23.1 Å². The third kappa shape index (κ3) is 5.49. The zero-order valence-electron chi connectivity index (χ0n) is 12.9. The van der Waals surface area contributed by atoms with E-state index in [-0.39, 0.29) is 10.8 Å². The van der Waals surface area contributed by atoms with E-state index in [0.29, 0.717) is 5.02 Å². The zero-order chi connectivity index (χ0) is 17.8. The summed E-state index contributed by atoms with van der Waals surface area (Å²) in [4.78, 5) is 23.0. The number of carbonyl (C=O) groups is 2. The maximum absolute atomic E-state index is 12.2. The van der Waals surface area contributed by atoms with E-state index < -0.39 is 34.0 Å². The molecule has 2 unspecified atom stereocenters. The number of carboxylic acids is 1. The van der Waals surface area contributed by atoms with E-state index >= 15 is 0 Å². The Balaban J connectivity index is 2.81. The van der Waals surface area contributed by atoms with E-state index in [2.05, 4.69) is 10.0 Å². The summed E-state index contributed by atoms with van der Waals surface area (Å²) in [6.45, 7) is 4.62. The summed E-state index contributed by atoms with van der Waals surface area (Å²) in [7, 11) is -3.91. The lowest BCUT2D eigenvalue weighted by molar-refractivity contribution is -0.143. The van der Waals surface area contributed by atoms with Crippen LogP contribution < -0.4 is 10.0 Å². The lowest BCUT2D eigenvalue weighted by Gasteiger charge is -2.21. The molecule has 1 aromatic rings. The third-order valence-electron chi connectivity index (χ3n) is 3.08. The molecule has 0 heterocycles. The van der Waals surface area contributed by atoms with Crippen LogP contribution in [0.4, 0.5) is 0 Å². The molecule has 7 nitrogen and oxygen atoms in total. The number of hydrogen-bond acceptors (Lipinski definition) is 4. The van der Waals surface area contributed by atoms with Gasteiger partial charge in [0.1, 0.15) is 6.04 Å². The van der Waals surface area contributed by atoms with E-state index in [1.54, 1.807) is 13.8 Å². The Bertz CT molecular complexity index is 673. The summed E-state index contributed by atoms with van der Waals surface area (Å²) < 4.78 is 26.5. The second-order valence-electron chi connectivity index (χ2n) is 5.37. The summed E-state index contributed by atoms with van der Waals surface area (Å²) in [5.41, 5.74) is 0. The first-order valence-electron chi connectivity index (χ1n) is 6.85. The highest BCUT2D eigenvalue weighted by Gasteiger charge is 2.28. The lowest BCUT2D eigenvalue weighted by atomic mass is 10.0. The average Bonchev–Trinajstić information content (AvgIpc) is 2.43. The topological polar surface area (TPSA) is 113 Å². The minimum atomic E-state index is -3.91. The molecule has 1 rings (SSSR count). The van der Waals surface area contributed by atoms with E-state index in [1.165, 1.54) is 31.2 Å². The van der Waals surface area contributed by atoms with Crippen LogP contribution in [0, 0.1) is 5.92 Å². The summed E-state index contributed by atoms with van der Waals surface area (Å²) in [6, 6.07) is 3.23. The molecule has 0 aliphatic rings. The smallest absolute Gasteiger partial charge is 0.326 e. The van der Waals surface area contributed by atoms with E-state index in [0.717, 1.165) is 0 Å². The predicted octanol–water partition coefficient (Wildman–Crippen LogP) is 1.23. The van der Waals surface area contributed by atoms with Crippen LogP contribution in [-0.4, -0.2) is 37.5 Å². The van der Waals surface area contributed by atoms with Crippen molar-refractivity contribution in [3.63, 3.8) is 0 Å². The van der Waals surface area contributed by atoms with Crippen LogP contribution in [0.15, 0.2) is 29.2 Å². The molecule has 1 aromatic carbocycles. The van der Waals surface area contributed by atoms with Gasteiger partial charge in [-0.2, -0.15) is 4.72 Å². The molecule has 0 spiro atoms. The van der Waals surface area contributed by atoms with Crippen LogP contribution >= 0.6 is 11.6 Å². The van der Waals surface area contributed by atoms with Gasteiger partial charge in [0.15, 0.2) is 0 Å².